The molecule has 0 radical (unpaired) electrons. The third-order valence-corrected chi connectivity index (χ3v) is 4.29. The number of hydrogen-bond donors (Lipinski definition) is 2. The van der Waals surface area contributed by atoms with Crippen LogP contribution in [0.2, 0.25) is 0 Å². The van der Waals surface area contributed by atoms with Crippen molar-refractivity contribution in [2.45, 2.75) is 45.7 Å². The molecule has 1 aromatic carbocycles. The van der Waals surface area contributed by atoms with Crippen LogP contribution in [0.1, 0.15) is 33.1 Å². The first-order chi connectivity index (χ1) is 12.4. The predicted molar refractivity (Wildman–Crippen MR) is 99.1 cm³/mol. The highest BCUT2D eigenvalue weighted by molar-refractivity contribution is 5.81. The Bertz CT molecular complexity index is 900. The van der Waals surface area contributed by atoms with Crippen LogP contribution >= 0.6 is 0 Å². The summed E-state index contributed by atoms with van der Waals surface area (Å²) in [5.41, 5.74) is -0.562. The van der Waals surface area contributed by atoms with Gasteiger partial charge in [-0.2, -0.15) is 0 Å². The van der Waals surface area contributed by atoms with Crippen LogP contribution in [0.4, 0.5) is 0 Å². The Balaban J connectivity index is 2.24. The van der Waals surface area contributed by atoms with Crippen LogP contribution in [-0.2, 0) is 11.3 Å². The lowest BCUT2D eigenvalue weighted by molar-refractivity contribution is -0.121. The molecule has 0 aliphatic rings. The van der Waals surface area contributed by atoms with E-state index in [-0.39, 0.29) is 24.9 Å². The number of benzene rings is 1. The fraction of sp³-hybridized carbons (Fsp3) is 0.500. The summed E-state index contributed by atoms with van der Waals surface area (Å²) in [7, 11) is 2.96. The molecule has 8 nitrogen and oxygen atoms in total. The average molecular weight is 363 g/mol. The van der Waals surface area contributed by atoms with Gasteiger partial charge in [0.2, 0.25) is 5.91 Å². The molecule has 2 rings (SSSR count). The number of aromatic amines is 1. The number of carbonyl (C=O) groups is 1. The van der Waals surface area contributed by atoms with E-state index in [2.05, 4.69) is 10.3 Å². The Morgan fingerprint density at radius 1 is 1.23 bits per heavy atom. The summed E-state index contributed by atoms with van der Waals surface area (Å²) >= 11 is 0. The molecule has 1 heterocycles. The number of methoxy groups -OCH3 is 2. The van der Waals surface area contributed by atoms with Crippen molar-refractivity contribution in [2.75, 3.05) is 14.2 Å². The van der Waals surface area contributed by atoms with E-state index in [1.54, 1.807) is 12.1 Å². The van der Waals surface area contributed by atoms with Gasteiger partial charge in [-0.1, -0.05) is 6.92 Å². The maximum atomic E-state index is 12.7. The summed E-state index contributed by atoms with van der Waals surface area (Å²) in [6.45, 7) is 4.08. The van der Waals surface area contributed by atoms with Gasteiger partial charge in [0.05, 0.1) is 25.1 Å². The van der Waals surface area contributed by atoms with E-state index in [0.717, 1.165) is 11.0 Å². The summed E-state index contributed by atoms with van der Waals surface area (Å²) in [5, 5.41) is 3.19. The first-order valence-corrected chi connectivity index (χ1v) is 8.59. The normalized spacial score (nSPS) is 12.0. The highest BCUT2D eigenvalue weighted by Crippen LogP contribution is 2.29. The molecule has 26 heavy (non-hydrogen) atoms. The molecule has 2 aromatic rings. The highest BCUT2D eigenvalue weighted by Gasteiger charge is 2.13. The minimum atomic E-state index is -0.517. The molecule has 0 aliphatic heterocycles. The molecule has 2 N–H and O–H groups in total. The number of amides is 1. The molecule has 1 unspecified atom stereocenters. The van der Waals surface area contributed by atoms with Gasteiger partial charge in [0.25, 0.3) is 5.56 Å². The lowest BCUT2D eigenvalue weighted by Crippen LogP contribution is -2.36. The van der Waals surface area contributed by atoms with Crippen LogP contribution in [0.15, 0.2) is 21.7 Å². The van der Waals surface area contributed by atoms with Crippen molar-refractivity contribution in [2.24, 2.45) is 0 Å². The molecule has 1 aromatic heterocycles. The smallest absolute Gasteiger partial charge is 0.328 e. The Labute approximate surface area is 151 Å². The number of ether oxygens (including phenoxy) is 2. The largest absolute Gasteiger partial charge is 0.493 e. The van der Waals surface area contributed by atoms with Gasteiger partial charge in [-0.15, -0.1) is 0 Å². The maximum Gasteiger partial charge on any atom is 0.328 e. The Kier molecular flexibility index (Phi) is 6.43. The van der Waals surface area contributed by atoms with Crippen molar-refractivity contribution >= 4 is 16.8 Å². The van der Waals surface area contributed by atoms with E-state index in [1.165, 1.54) is 14.2 Å². The molecule has 1 amide bonds. The van der Waals surface area contributed by atoms with Crippen LogP contribution < -0.4 is 26.0 Å². The summed E-state index contributed by atoms with van der Waals surface area (Å²) in [4.78, 5) is 39.4. The number of carbonyl (C=O) groups excluding carboxylic acids is 1. The summed E-state index contributed by atoms with van der Waals surface area (Å²) < 4.78 is 11.5. The third-order valence-electron chi connectivity index (χ3n) is 4.29. The second-order valence-corrected chi connectivity index (χ2v) is 6.12. The zero-order valence-electron chi connectivity index (χ0n) is 15.5. The molecule has 0 saturated heterocycles. The van der Waals surface area contributed by atoms with Crippen LogP contribution in [0.25, 0.3) is 10.9 Å². The summed E-state index contributed by atoms with van der Waals surface area (Å²) in [6.07, 6.45) is 1.49. The van der Waals surface area contributed by atoms with Crippen molar-refractivity contribution in [3.05, 3.63) is 33.0 Å². The van der Waals surface area contributed by atoms with Crippen LogP contribution in [0.5, 0.6) is 11.5 Å². The lowest BCUT2D eigenvalue weighted by Gasteiger charge is -2.12. The van der Waals surface area contributed by atoms with Crippen LogP contribution in [0.3, 0.4) is 0 Å². The van der Waals surface area contributed by atoms with Crippen LogP contribution in [-0.4, -0.2) is 35.7 Å². The first kappa shape index (κ1) is 19.6. The van der Waals surface area contributed by atoms with Crippen molar-refractivity contribution in [1.82, 2.24) is 14.9 Å². The summed E-state index contributed by atoms with van der Waals surface area (Å²) in [5.74, 6) is 0.745. The topological polar surface area (TPSA) is 102 Å². The quantitative estimate of drug-likeness (QED) is 0.738. The molecule has 0 fully saturated rings. The number of aromatic nitrogens is 2. The molecule has 0 spiro atoms. The van der Waals surface area contributed by atoms with E-state index in [1.807, 2.05) is 13.8 Å². The fourth-order valence-electron chi connectivity index (χ4n) is 2.63. The van der Waals surface area contributed by atoms with Gasteiger partial charge in [0, 0.05) is 25.1 Å². The van der Waals surface area contributed by atoms with Gasteiger partial charge in [0.1, 0.15) is 0 Å². The number of H-pyrrole nitrogens is 1. The van der Waals surface area contributed by atoms with Gasteiger partial charge in [-0.3, -0.25) is 14.2 Å². The van der Waals surface area contributed by atoms with E-state index < -0.39 is 11.2 Å². The fourth-order valence-corrected chi connectivity index (χ4v) is 2.63. The van der Waals surface area contributed by atoms with Crippen molar-refractivity contribution < 1.29 is 14.3 Å². The number of hydrogen-bond acceptors (Lipinski definition) is 5. The molecular weight excluding hydrogens is 338 g/mol. The molecular formula is C18H25N3O5. The Hall–Kier alpha value is -2.77. The zero-order chi connectivity index (χ0) is 19.3. The molecule has 142 valence electrons. The first-order valence-electron chi connectivity index (χ1n) is 8.59. The minimum Gasteiger partial charge on any atom is -0.493 e. The molecule has 8 heteroatoms. The number of fused-ring (bicyclic) bond motifs is 1. The van der Waals surface area contributed by atoms with E-state index >= 15 is 0 Å². The molecule has 1 atom stereocenters. The number of nitrogens with one attached hydrogen (secondary N) is 2. The van der Waals surface area contributed by atoms with E-state index in [9.17, 15) is 14.4 Å². The second-order valence-electron chi connectivity index (χ2n) is 6.12. The Morgan fingerprint density at radius 3 is 2.50 bits per heavy atom. The zero-order valence-corrected chi connectivity index (χ0v) is 15.5. The lowest BCUT2D eigenvalue weighted by atomic mass is 10.2. The van der Waals surface area contributed by atoms with Gasteiger partial charge in [0.15, 0.2) is 11.5 Å². The SMILES string of the molecule is CCC(C)NC(=O)CCCn1c(=O)[nH]c2cc(OC)c(OC)cc2c1=O. The summed E-state index contributed by atoms with van der Waals surface area (Å²) in [6, 6.07) is 3.20. The second kappa shape index (κ2) is 8.55. The Morgan fingerprint density at radius 2 is 1.88 bits per heavy atom. The molecule has 0 aliphatic carbocycles. The molecule has 0 saturated carbocycles. The third kappa shape index (κ3) is 4.25. The maximum absolute atomic E-state index is 12.7. The standard InChI is InChI=1S/C18H25N3O5/c1-5-11(2)19-16(22)7-6-8-21-17(23)12-9-14(25-3)15(26-4)10-13(12)20-18(21)24/h9-11H,5-8H2,1-4H3,(H,19,22)(H,20,24). The number of rotatable bonds is 8. The van der Waals surface area contributed by atoms with Gasteiger partial charge in [-0.25, -0.2) is 4.79 Å². The molecule has 0 bridgehead atoms. The minimum absolute atomic E-state index is 0.0870. The van der Waals surface area contributed by atoms with Crippen LogP contribution in [0, 0.1) is 0 Å². The average Bonchev–Trinajstić information content (AvgIpc) is 2.63. The van der Waals surface area contributed by atoms with Crippen molar-refractivity contribution in [3.8, 4) is 11.5 Å². The van der Waals surface area contributed by atoms with E-state index in [4.69, 9.17) is 9.47 Å². The highest BCUT2D eigenvalue weighted by atomic mass is 16.5. The van der Waals surface area contributed by atoms with Crippen molar-refractivity contribution in [1.29, 1.82) is 0 Å². The van der Waals surface area contributed by atoms with E-state index in [0.29, 0.717) is 28.8 Å². The number of nitrogens with zero attached hydrogens (tertiary/aromatic N) is 1. The monoisotopic (exact) mass is 363 g/mol. The van der Waals surface area contributed by atoms with Gasteiger partial charge >= 0.3 is 5.69 Å². The van der Waals surface area contributed by atoms with Crippen molar-refractivity contribution in [3.63, 3.8) is 0 Å². The predicted octanol–water partition coefficient (Wildman–Crippen LogP) is 1.40. The van der Waals surface area contributed by atoms with Gasteiger partial charge < -0.3 is 19.8 Å². The van der Waals surface area contributed by atoms with Gasteiger partial charge in [-0.05, 0) is 25.8 Å².